The van der Waals surface area contributed by atoms with E-state index in [-0.39, 0.29) is 0 Å². The lowest BCUT2D eigenvalue weighted by Crippen LogP contribution is -1.92. The van der Waals surface area contributed by atoms with Gasteiger partial charge in [-0.3, -0.25) is 0 Å². The number of rotatable bonds is 4. The van der Waals surface area contributed by atoms with E-state index in [9.17, 15) is 0 Å². The fraction of sp³-hybridized carbons (Fsp3) is 0. The Morgan fingerprint density at radius 2 is 1.13 bits per heavy atom. The van der Waals surface area contributed by atoms with E-state index in [1.165, 1.54) is 49.0 Å². The molecule has 30 heavy (non-hydrogen) atoms. The van der Waals surface area contributed by atoms with E-state index in [1.54, 1.807) is 6.08 Å². The summed E-state index contributed by atoms with van der Waals surface area (Å²) in [6.07, 6.45) is 5.78. The van der Waals surface area contributed by atoms with E-state index in [0.29, 0.717) is 0 Å². The minimum atomic E-state index is 0.992. The third-order valence-electron chi connectivity index (χ3n) is 5.75. The van der Waals surface area contributed by atoms with Crippen LogP contribution >= 0.6 is 0 Å². The van der Waals surface area contributed by atoms with Crippen LogP contribution in [-0.4, -0.2) is 0 Å². The quantitative estimate of drug-likeness (QED) is 0.216. The second kappa shape index (κ2) is 7.50. The van der Waals surface area contributed by atoms with Crippen molar-refractivity contribution in [2.75, 3.05) is 0 Å². The Kier molecular flexibility index (Phi) is 4.53. The highest BCUT2D eigenvalue weighted by Gasteiger charge is 2.17. The average molecular weight is 383 g/mol. The molecule has 0 nitrogen and oxygen atoms in total. The molecule has 0 saturated carbocycles. The standard InChI is InChI=1S/C30H22/c1-3-4-12-21(2)29-25-16-7-9-18-27(25)30(28-19-10-8-17-26(28)29)24-20-11-14-22-13-5-6-15-23(22)24/h3-20H,1-2H2/b12-4-. The third kappa shape index (κ3) is 2.86. The summed E-state index contributed by atoms with van der Waals surface area (Å²) in [5.41, 5.74) is 4.72. The molecule has 0 unspecified atom stereocenters. The smallest absolute Gasteiger partial charge is 0.00201 e. The van der Waals surface area contributed by atoms with Crippen LogP contribution in [0.3, 0.4) is 0 Å². The van der Waals surface area contributed by atoms with Crippen molar-refractivity contribution in [3.8, 4) is 11.1 Å². The summed E-state index contributed by atoms with van der Waals surface area (Å²) in [5.74, 6) is 0. The molecule has 0 aliphatic rings. The van der Waals surface area contributed by atoms with Crippen LogP contribution < -0.4 is 0 Å². The van der Waals surface area contributed by atoms with Crippen molar-refractivity contribution in [1.29, 1.82) is 0 Å². The Hall–Kier alpha value is -3.90. The molecule has 142 valence electrons. The molecule has 5 aromatic rings. The molecular formula is C30H22. The van der Waals surface area contributed by atoms with Gasteiger partial charge in [-0.25, -0.2) is 0 Å². The van der Waals surface area contributed by atoms with Crippen LogP contribution in [0.2, 0.25) is 0 Å². The summed E-state index contributed by atoms with van der Waals surface area (Å²) in [6.45, 7) is 8.19. The molecule has 0 spiro atoms. The van der Waals surface area contributed by atoms with Gasteiger partial charge in [0.2, 0.25) is 0 Å². The molecule has 0 N–H and O–H groups in total. The van der Waals surface area contributed by atoms with Crippen LogP contribution in [0.25, 0.3) is 49.0 Å². The topological polar surface area (TPSA) is 0 Å². The molecule has 0 saturated heterocycles. The largest absolute Gasteiger partial charge is 0.0991 e. The van der Waals surface area contributed by atoms with Gasteiger partial charge in [-0.05, 0) is 54.6 Å². The number of hydrogen-bond donors (Lipinski definition) is 0. The maximum absolute atomic E-state index is 4.38. The van der Waals surface area contributed by atoms with Gasteiger partial charge in [-0.15, -0.1) is 0 Å². The maximum Gasteiger partial charge on any atom is -0.00201 e. The van der Waals surface area contributed by atoms with Crippen LogP contribution in [0, 0.1) is 0 Å². The zero-order valence-corrected chi connectivity index (χ0v) is 16.8. The molecule has 0 heteroatoms. The first-order chi connectivity index (χ1) is 14.8. The van der Waals surface area contributed by atoms with Gasteiger partial charge in [-0.2, -0.15) is 0 Å². The fourth-order valence-electron chi connectivity index (χ4n) is 4.48. The highest BCUT2D eigenvalue weighted by molar-refractivity contribution is 6.21. The lowest BCUT2D eigenvalue weighted by molar-refractivity contribution is 1.68. The normalized spacial score (nSPS) is 11.5. The average Bonchev–Trinajstić information content (AvgIpc) is 2.80. The van der Waals surface area contributed by atoms with Gasteiger partial charge in [0.05, 0.1) is 0 Å². The Morgan fingerprint density at radius 1 is 0.600 bits per heavy atom. The first kappa shape index (κ1) is 18.1. The van der Waals surface area contributed by atoms with Crippen molar-refractivity contribution < 1.29 is 0 Å². The Balaban J connectivity index is 1.98. The molecule has 0 aliphatic heterocycles. The van der Waals surface area contributed by atoms with Crippen LogP contribution in [0.4, 0.5) is 0 Å². The van der Waals surface area contributed by atoms with Crippen molar-refractivity contribution >= 4 is 37.9 Å². The first-order valence-corrected chi connectivity index (χ1v) is 10.2. The highest BCUT2D eigenvalue weighted by Crippen LogP contribution is 2.43. The molecule has 0 aliphatic carbocycles. The molecule has 0 aromatic heterocycles. The predicted molar refractivity (Wildman–Crippen MR) is 133 cm³/mol. The van der Waals surface area contributed by atoms with E-state index < -0.39 is 0 Å². The predicted octanol–water partition coefficient (Wildman–Crippen LogP) is 8.57. The van der Waals surface area contributed by atoms with Crippen LogP contribution in [0.15, 0.2) is 122 Å². The zero-order chi connectivity index (χ0) is 20.5. The second-order valence-corrected chi connectivity index (χ2v) is 7.49. The lowest BCUT2D eigenvalue weighted by atomic mass is 9.85. The van der Waals surface area contributed by atoms with Gasteiger partial charge < -0.3 is 0 Å². The summed E-state index contributed by atoms with van der Waals surface area (Å²) < 4.78 is 0. The van der Waals surface area contributed by atoms with E-state index in [2.05, 4.69) is 104 Å². The molecule has 0 atom stereocenters. The summed E-state index contributed by atoms with van der Waals surface area (Å²) in [6, 6.07) is 32.5. The Labute approximate surface area is 177 Å². The summed E-state index contributed by atoms with van der Waals surface area (Å²) in [5, 5.41) is 7.46. The van der Waals surface area contributed by atoms with Crippen molar-refractivity contribution in [3.05, 3.63) is 128 Å². The minimum Gasteiger partial charge on any atom is -0.0991 e. The SMILES string of the molecule is C=C/C=C\C(=C)c1c2ccccc2c(-c2cccc3ccccc23)c2ccccc12. The Morgan fingerprint density at radius 3 is 1.77 bits per heavy atom. The number of benzene rings is 5. The zero-order valence-electron chi connectivity index (χ0n) is 16.8. The molecule has 5 aromatic carbocycles. The second-order valence-electron chi connectivity index (χ2n) is 7.49. The Bertz CT molecular complexity index is 1400. The molecule has 5 rings (SSSR count). The van der Waals surface area contributed by atoms with Gasteiger partial charge in [0.15, 0.2) is 0 Å². The van der Waals surface area contributed by atoms with E-state index in [1.807, 2.05) is 12.2 Å². The molecule has 0 bridgehead atoms. The minimum absolute atomic E-state index is 0.992. The maximum atomic E-state index is 4.38. The van der Waals surface area contributed by atoms with Crippen molar-refractivity contribution in [2.24, 2.45) is 0 Å². The lowest BCUT2D eigenvalue weighted by Gasteiger charge is -2.18. The fourth-order valence-corrected chi connectivity index (χ4v) is 4.48. The number of allylic oxidation sites excluding steroid dienone is 4. The van der Waals surface area contributed by atoms with Crippen LogP contribution in [-0.2, 0) is 0 Å². The van der Waals surface area contributed by atoms with Gasteiger partial charge in [0.25, 0.3) is 0 Å². The van der Waals surface area contributed by atoms with Crippen LogP contribution in [0.1, 0.15) is 5.56 Å². The summed E-state index contributed by atoms with van der Waals surface area (Å²) in [7, 11) is 0. The third-order valence-corrected chi connectivity index (χ3v) is 5.75. The van der Waals surface area contributed by atoms with Crippen molar-refractivity contribution in [1.82, 2.24) is 0 Å². The molecule has 0 radical (unpaired) electrons. The molecule has 0 amide bonds. The molecular weight excluding hydrogens is 360 g/mol. The number of hydrogen-bond acceptors (Lipinski definition) is 0. The highest BCUT2D eigenvalue weighted by atomic mass is 14.2. The summed E-state index contributed by atoms with van der Waals surface area (Å²) in [4.78, 5) is 0. The first-order valence-electron chi connectivity index (χ1n) is 10.2. The van der Waals surface area contributed by atoms with Crippen LogP contribution in [0.5, 0.6) is 0 Å². The monoisotopic (exact) mass is 382 g/mol. The van der Waals surface area contributed by atoms with E-state index >= 15 is 0 Å². The van der Waals surface area contributed by atoms with E-state index in [4.69, 9.17) is 0 Å². The summed E-state index contributed by atoms with van der Waals surface area (Å²) >= 11 is 0. The van der Waals surface area contributed by atoms with Gasteiger partial charge >= 0.3 is 0 Å². The molecule has 0 fully saturated rings. The van der Waals surface area contributed by atoms with Crippen molar-refractivity contribution in [2.45, 2.75) is 0 Å². The van der Waals surface area contributed by atoms with Crippen molar-refractivity contribution in [3.63, 3.8) is 0 Å². The number of fused-ring (bicyclic) bond motifs is 3. The van der Waals surface area contributed by atoms with E-state index in [0.717, 1.165) is 5.57 Å². The van der Waals surface area contributed by atoms with Gasteiger partial charge in [0.1, 0.15) is 0 Å². The van der Waals surface area contributed by atoms with Gasteiger partial charge in [-0.1, -0.05) is 122 Å². The van der Waals surface area contributed by atoms with Gasteiger partial charge in [0, 0.05) is 0 Å². The molecule has 0 heterocycles.